The lowest BCUT2D eigenvalue weighted by Crippen LogP contribution is -2.07. The fraction of sp³-hybridized carbons (Fsp3) is 0.231. The molecule has 0 fully saturated rings. The van der Waals surface area contributed by atoms with E-state index >= 15 is 0 Å². The Balaban J connectivity index is 2.74. The molecule has 3 heteroatoms. The van der Waals surface area contributed by atoms with Crippen molar-refractivity contribution in [2.24, 2.45) is 16.6 Å². The van der Waals surface area contributed by atoms with Gasteiger partial charge in [0.25, 0.3) is 0 Å². The molecular formula is C13H16N2O. The molecule has 0 saturated carbocycles. The summed E-state index contributed by atoms with van der Waals surface area (Å²) >= 11 is 0. The Bertz CT molecular complexity index is 400. The van der Waals surface area contributed by atoms with Crippen LogP contribution in [0.25, 0.3) is 0 Å². The molecule has 0 aromatic heterocycles. The number of nitrogens with zero attached hydrogens (tertiary/aromatic N) is 1. The molecule has 0 spiro atoms. The summed E-state index contributed by atoms with van der Waals surface area (Å²) in [7, 11) is 0. The van der Waals surface area contributed by atoms with Gasteiger partial charge in [0, 0.05) is 24.3 Å². The van der Waals surface area contributed by atoms with E-state index in [1.54, 1.807) is 12.3 Å². The van der Waals surface area contributed by atoms with Crippen LogP contribution in [0.15, 0.2) is 53.7 Å². The van der Waals surface area contributed by atoms with Gasteiger partial charge in [-0.2, -0.15) is 0 Å². The van der Waals surface area contributed by atoms with Crippen molar-refractivity contribution in [3.05, 3.63) is 48.7 Å². The topological polar surface area (TPSA) is 55.5 Å². The van der Waals surface area contributed by atoms with E-state index < -0.39 is 0 Å². The van der Waals surface area contributed by atoms with Crippen LogP contribution in [0.1, 0.15) is 13.3 Å². The highest BCUT2D eigenvalue weighted by Crippen LogP contribution is 2.12. The van der Waals surface area contributed by atoms with E-state index in [4.69, 9.17) is 5.73 Å². The first-order valence-corrected chi connectivity index (χ1v) is 5.13. The average Bonchev–Trinajstić information content (AvgIpc) is 2.41. The van der Waals surface area contributed by atoms with Crippen LogP contribution in [0.5, 0.6) is 0 Å². The minimum absolute atomic E-state index is 0.179. The Kier molecular flexibility index (Phi) is 4.45. The average molecular weight is 216 g/mol. The second kappa shape index (κ2) is 5.85. The third kappa shape index (κ3) is 3.69. The minimum atomic E-state index is -0.335. The van der Waals surface area contributed by atoms with Gasteiger partial charge in [0.05, 0.1) is 0 Å². The maximum atomic E-state index is 10.6. The molecule has 0 radical (unpaired) electrons. The molecule has 0 aromatic carbocycles. The van der Waals surface area contributed by atoms with Gasteiger partial charge in [-0.1, -0.05) is 30.4 Å². The molecule has 1 heterocycles. The van der Waals surface area contributed by atoms with Crippen LogP contribution in [0, 0.1) is 5.92 Å². The fourth-order valence-electron chi connectivity index (χ4n) is 1.32. The lowest BCUT2D eigenvalue weighted by atomic mass is 10.0. The summed E-state index contributed by atoms with van der Waals surface area (Å²) in [5.41, 5.74) is 6.99. The number of nitrogens with two attached hydrogens (primary N) is 1. The highest BCUT2D eigenvalue weighted by molar-refractivity contribution is 5.88. The number of rotatable bonds is 4. The van der Waals surface area contributed by atoms with Crippen LogP contribution >= 0.6 is 0 Å². The molecule has 0 aromatic rings. The highest BCUT2D eigenvalue weighted by Gasteiger charge is 2.05. The first kappa shape index (κ1) is 12.2. The quantitative estimate of drug-likeness (QED) is 0.719. The molecule has 2 N–H and O–H groups in total. The number of carbonyl (C=O) groups excluding carboxylic acids is 1. The van der Waals surface area contributed by atoms with E-state index in [0.29, 0.717) is 0 Å². The van der Waals surface area contributed by atoms with Crippen molar-refractivity contribution in [2.75, 3.05) is 0 Å². The summed E-state index contributed by atoms with van der Waals surface area (Å²) in [5.74, 6) is -0.156. The predicted molar refractivity (Wildman–Crippen MR) is 67.0 cm³/mol. The van der Waals surface area contributed by atoms with Crippen LogP contribution in [0.2, 0.25) is 0 Å². The van der Waals surface area contributed by atoms with Crippen LogP contribution in [-0.2, 0) is 4.79 Å². The monoisotopic (exact) mass is 216 g/mol. The molecule has 1 unspecified atom stereocenters. The summed E-state index contributed by atoms with van der Waals surface area (Å²) < 4.78 is 0. The summed E-state index contributed by atoms with van der Waals surface area (Å²) in [4.78, 5) is 14.9. The van der Waals surface area contributed by atoms with Crippen molar-refractivity contribution in [1.82, 2.24) is 0 Å². The van der Waals surface area contributed by atoms with Crippen LogP contribution in [0.4, 0.5) is 0 Å². The van der Waals surface area contributed by atoms with Gasteiger partial charge >= 0.3 is 0 Å². The van der Waals surface area contributed by atoms with Crippen LogP contribution < -0.4 is 5.73 Å². The number of hydrogen-bond acceptors (Lipinski definition) is 2. The molecule has 1 atom stereocenters. The van der Waals surface area contributed by atoms with E-state index in [0.717, 1.165) is 11.3 Å². The zero-order valence-corrected chi connectivity index (χ0v) is 9.39. The third-order valence-corrected chi connectivity index (χ3v) is 2.28. The molecular weight excluding hydrogens is 200 g/mol. The van der Waals surface area contributed by atoms with E-state index in [-0.39, 0.29) is 18.2 Å². The van der Waals surface area contributed by atoms with Crippen LogP contribution in [0.3, 0.4) is 0 Å². The van der Waals surface area contributed by atoms with Crippen molar-refractivity contribution >= 4 is 11.6 Å². The molecule has 84 valence electrons. The normalized spacial score (nSPS) is 20.2. The van der Waals surface area contributed by atoms with Gasteiger partial charge in [0.15, 0.2) is 0 Å². The van der Waals surface area contributed by atoms with Crippen molar-refractivity contribution < 1.29 is 4.79 Å². The Morgan fingerprint density at radius 2 is 2.44 bits per heavy atom. The second-order valence-corrected chi connectivity index (χ2v) is 3.59. The maximum absolute atomic E-state index is 10.6. The Morgan fingerprint density at radius 3 is 3.06 bits per heavy atom. The first-order valence-electron chi connectivity index (χ1n) is 5.13. The van der Waals surface area contributed by atoms with Gasteiger partial charge in [-0.25, -0.2) is 0 Å². The van der Waals surface area contributed by atoms with E-state index in [1.807, 2.05) is 31.2 Å². The zero-order valence-electron chi connectivity index (χ0n) is 9.39. The SMILES string of the molecule is C=CC1C=CC(/C=C/CC(N)=O)=CN=C1C. The summed E-state index contributed by atoms with van der Waals surface area (Å²) in [5, 5.41) is 0. The molecule has 1 aliphatic heterocycles. The molecule has 1 rings (SSSR count). The largest absolute Gasteiger partial charge is 0.369 e. The van der Waals surface area contributed by atoms with Gasteiger partial charge in [-0.15, -0.1) is 6.58 Å². The van der Waals surface area contributed by atoms with Crippen molar-refractivity contribution in [3.8, 4) is 0 Å². The van der Waals surface area contributed by atoms with Crippen molar-refractivity contribution in [3.63, 3.8) is 0 Å². The van der Waals surface area contributed by atoms with E-state index in [1.165, 1.54) is 0 Å². The lowest BCUT2D eigenvalue weighted by Gasteiger charge is -2.02. The van der Waals surface area contributed by atoms with Crippen LogP contribution in [-0.4, -0.2) is 11.6 Å². The highest BCUT2D eigenvalue weighted by atomic mass is 16.1. The summed E-state index contributed by atoms with van der Waals surface area (Å²) in [6.07, 6.45) is 11.4. The minimum Gasteiger partial charge on any atom is -0.369 e. The van der Waals surface area contributed by atoms with Gasteiger partial charge in [-0.05, 0) is 12.5 Å². The molecule has 3 nitrogen and oxygen atoms in total. The molecule has 16 heavy (non-hydrogen) atoms. The number of primary amides is 1. The Morgan fingerprint density at radius 1 is 1.69 bits per heavy atom. The number of allylic oxidation sites excluding steroid dienone is 5. The Hall–Kier alpha value is -1.90. The third-order valence-electron chi connectivity index (χ3n) is 2.28. The van der Waals surface area contributed by atoms with Gasteiger partial charge in [0.1, 0.15) is 0 Å². The predicted octanol–water partition coefficient (Wildman–Crippen LogP) is 2.13. The molecule has 0 bridgehead atoms. The smallest absolute Gasteiger partial charge is 0.221 e. The van der Waals surface area contributed by atoms with Crippen molar-refractivity contribution in [2.45, 2.75) is 13.3 Å². The first-order chi connectivity index (χ1) is 7.63. The maximum Gasteiger partial charge on any atom is 0.221 e. The fourth-order valence-corrected chi connectivity index (χ4v) is 1.32. The van der Waals surface area contributed by atoms with Gasteiger partial charge < -0.3 is 5.73 Å². The van der Waals surface area contributed by atoms with Crippen molar-refractivity contribution in [1.29, 1.82) is 0 Å². The number of amides is 1. The number of carbonyl (C=O) groups is 1. The second-order valence-electron chi connectivity index (χ2n) is 3.59. The zero-order chi connectivity index (χ0) is 12.0. The molecule has 1 aliphatic rings. The summed E-state index contributed by atoms with van der Waals surface area (Å²) in [6.45, 7) is 5.71. The van der Waals surface area contributed by atoms with Gasteiger partial charge in [0.2, 0.25) is 5.91 Å². The van der Waals surface area contributed by atoms with E-state index in [2.05, 4.69) is 11.6 Å². The molecule has 0 aliphatic carbocycles. The number of hydrogen-bond donors (Lipinski definition) is 1. The number of aliphatic imine (C=N–C) groups is 1. The van der Waals surface area contributed by atoms with E-state index in [9.17, 15) is 4.79 Å². The molecule has 0 saturated heterocycles. The standard InChI is InChI=1S/C13H16N2O/c1-3-12-8-7-11(9-15-10(12)2)5-4-6-13(14)16/h3-5,7-9,12H,1,6H2,2H3,(H2,14,16)/b5-4+. The summed E-state index contributed by atoms with van der Waals surface area (Å²) in [6, 6.07) is 0. The molecule has 1 amide bonds. The Labute approximate surface area is 95.8 Å². The lowest BCUT2D eigenvalue weighted by molar-refractivity contribution is -0.117. The van der Waals surface area contributed by atoms with Gasteiger partial charge in [-0.3, -0.25) is 9.79 Å².